The normalized spacial score (nSPS) is 14.2. The number of rotatable bonds is 11. The maximum atomic E-state index is 12.6. The predicted molar refractivity (Wildman–Crippen MR) is 426 cm³/mol. The number of hydrogen-bond donors (Lipinski definition) is 6. The summed E-state index contributed by atoms with van der Waals surface area (Å²) in [4.78, 5) is 0. The fourth-order valence-corrected chi connectivity index (χ4v) is 14.4. The quantitative estimate of drug-likeness (QED) is 0.0689. The molecule has 10 rings (SSSR count). The number of hydrogen-bond acceptors (Lipinski definition) is 10. The molecule has 0 aliphatic heterocycles. The third kappa shape index (κ3) is 18.0. The molecule has 10 heteroatoms. The van der Waals surface area contributed by atoms with E-state index in [4.69, 9.17) is 18.9 Å². The number of benzene rings is 8. The summed E-state index contributed by atoms with van der Waals surface area (Å²) < 4.78 is 26.7. The number of phenolic OH excluding ortho intramolecular Hbond substituents is 6. The summed E-state index contributed by atoms with van der Waals surface area (Å²) in [5.41, 5.74) is 19.0. The molecule has 16 bridgehead atoms. The summed E-state index contributed by atoms with van der Waals surface area (Å²) in [7, 11) is 0. The molecule has 2 aliphatic carbocycles. The first kappa shape index (κ1) is 78.7. The molecule has 6 N–H and O–H groups in total. The topological polar surface area (TPSA) is 158 Å². The molecule has 0 spiro atoms. The molecule has 0 atom stereocenters. The minimum absolute atomic E-state index is 0.174. The molecule has 10 nitrogen and oxygen atoms in total. The Hall–Kier alpha value is -7.92. The van der Waals surface area contributed by atoms with E-state index < -0.39 is 0 Å². The van der Waals surface area contributed by atoms with E-state index >= 15 is 0 Å². The highest BCUT2D eigenvalue weighted by molar-refractivity contribution is 5.62. The van der Waals surface area contributed by atoms with Crippen molar-refractivity contribution in [3.05, 3.63) is 231 Å². The third-order valence-corrected chi connectivity index (χ3v) is 21.4. The molecule has 0 aromatic heterocycles. The van der Waals surface area contributed by atoms with Crippen molar-refractivity contribution in [3.8, 4) is 46.0 Å². The third-order valence-electron chi connectivity index (χ3n) is 21.4. The van der Waals surface area contributed by atoms with Gasteiger partial charge in [-0.05, 0) is 177 Å². The van der Waals surface area contributed by atoms with Crippen LogP contribution in [0.15, 0.2) is 97.1 Å². The van der Waals surface area contributed by atoms with Crippen molar-refractivity contribution in [1.82, 2.24) is 0 Å². The molecule has 0 radical (unpaired) electrons. The number of phenols is 6. The highest BCUT2D eigenvalue weighted by Gasteiger charge is 2.32. The lowest BCUT2D eigenvalue weighted by atomic mass is 9.79. The molecule has 0 heterocycles. The van der Waals surface area contributed by atoms with Crippen molar-refractivity contribution in [2.24, 2.45) is 0 Å². The van der Waals surface area contributed by atoms with Crippen LogP contribution in [0.5, 0.6) is 46.0 Å². The lowest BCUT2D eigenvalue weighted by Crippen LogP contribution is -2.18. The van der Waals surface area contributed by atoms with Crippen LogP contribution in [0.1, 0.15) is 300 Å². The van der Waals surface area contributed by atoms with Crippen LogP contribution in [0.2, 0.25) is 0 Å². The molecular formula is C94H122O10. The summed E-state index contributed by atoms with van der Waals surface area (Å²) in [5.74, 6) is 2.50. The van der Waals surface area contributed by atoms with Gasteiger partial charge < -0.3 is 49.6 Å². The van der Waals surface area contributed by atoms with Gasteiger partial charge in [-0.2, -0.15) is 0 Å². The zero-order valence-corrected chi connectivity index (χ0v) is 67.5. The smallest absolute Gasteiger partial charge is 0.126 e. The fourth-order valence-electron chi connectivity index (χ4n) is 14.4. The Bertz CT molecular complexity index is 4000. The first-order valence-corrected chi connectivity index (χ1v) is 37.9. The van der Waals surface area contributed by atoms with Crippen LogP contribution in [-0.2, 0) is 104 Å². The molecule has 0 amide bonds. The lowest BCUT2D eigenvalue weighted by molar-refractivity contribution is 0.0270. The number of aromatic hydroxyl groups is 6. The van der Waals surface area contributed by atoms with E-state index in [0.29, 0.717) is 76.1 Å². The Morgan fingerprint density at radius 3 is 0.442 bits per heavy atom. The Balaban J connectivity index is 0.949. The minimum Gasteiger partial charge on any atom is -0.507 e. The predicted octanol–water partition coefficient (Wildman–Crippen LogP) is 21.1. The minimum atomic E-state index is -0.270. The SMILES string of the molecule is CC(C)(C)c1cc2c(O)c(c1)Cc1cc(C(C)(C)C)cc(c1O)Cc1cc(C(C)(C)C)cc(c1OCCOCCOCCOc1c3cc(C(C)(C)C)cc1Cc1cc(C(C)(C)C)cc(c1O)Cc1cc(C(C)(C)C)cc(c1O)Cc1cc(C(C)(C)C)cc(c1O)C3)Cc1cc(C(C)(C)C)cc(c1O)C2. The standard InChI is InChI=1S/C94H122O10/c1-87(2,3)71-39-55-31-59-43-73(89(7,8)9)47-63(81(59)97)35-67-51-77(93(19,20)21)52-68(36-64-48-74(90(10,11)12)44-60(82(64)98)32-56(40-71)79(55)95)85(67)103-29-27-101-25-26-102-28-30-104-86-69-37-65-49-75(91(13,14)15)45-61(83(65)99)33-57-41-72(88(4,5)6)42-58(80(57)96)34-62-46-76(92(16,17)18)50-66(84(62)100)38-70(86)54-78(53-69)94(22,23)24/h39-54,95-100H,25-38H2,1-24H3. The molecule has 8 aromatic rings. The Morgan fingerprint density at radius 2 is 0.308 bits per heavy atom. The van der Waals surface area contributed by atoms with E-state index in [-0.39, 0.29) is 104 Å². The second-order valence-electron chi connectivity index (χ2n) is 38.4. The van der Waals surface area contributed by atoms with Gasteiger partial charge in [0.15, 0.2) is 0 Å². The second-order valence-corrected chi connectivity index (χ2v) is 38.4. The monoisotopic (exact) mass is 1410 g/mol. The van der Waals surface area contributed by atoms with Crippen molar-refractivity contribution in [2.75, 3.05) is 39.6 Å². The van der Waals surface area contributed by atoms with E-state index in [2.05, 4.69) is 263 Å². The van der Waals surface area contributed by atoms with E-state index in [1.807, 2.05) is 0 Å². The lowest BCUT2D eigenvalue weighted by Gasteiger charge is -2.27. The first-order valence-electron chi connectivity index (χ1n) is 37.9. The van der Waals surface area contributed by atoms with Crippen LogP contribution < -0.4 is 9.47 Å². The summed E-state index contributed by atoms with van der Waals surface area (Å²) in [6.07, 6.45) is 2.62. The average molecular weight is 1410 g/mol. The summed E-state index contributed by atoms with van der Waals surface area (Å²) in [6, 6.07) is 34.1. The van der Waals surface area contributed by atoms with Gasteiger partial charge in [-0.15, -0.1) is 0 Å². The van der Waals surface area contributed by atoms with E-state index in [1.165, 1.54) is 0 Å². The van der Waals surface area contributed by atoms with Gasteiger partial charge in [-0.1, -0.05) is 263 Å². The number of ether oxygens (including phenoxy) is 4. The van der Waals surface area contributed by atoms with Gasteiger partial charge in [0.05, 0.1) is 26.4 Å². The van der Waals surface area contributed by atoms with Crippen molar-refractivity contribution >= 4 is 0 Å². The maximum absolute atomic E-state index is 12.6. The highest BCUT2D eigenvalue weighted by atomic mass is 16.6. The van der Waals surface area contributed by atoms with Gasteiger partial charge >= 0.3 is 0 Å². The molecule has 2 aliphatic rings. The Kier molecular flexibility index (Phi) is 22.0. The molecule has 0 saturated carbocycles. The Morgan fingerprint density at radius 1 is 0.192 bits per heavy atom. The summed E-state index contributed by atoms with van der Waals surface area (Å²) in [6.45, 7) is 54.1. The van der Waals surface area contributed by atoms with Crippen molar-refractivity contribution in [1.29, 1.82) is 0 Å². The van der Waals surface area contributed by atoms with Gasteiger partial charge in [0.1, 0.15) is 59.2 Å². The maximum Gasteiger partial charge on any atom is 0.126 e. The van der Waals surface area contributed by atoms with E-state index in [1.54, 1.807) is 0 Å². The van der Waals surface area contributed by atoms with Crippen LogP contribution in [0, 0.1) is 0 Å². The fraction of sp³-hybridized carbons (Fsp3) is 0.489. The molecule has 558 valence electrons. The van der Waals surface area contributed by atoms with Gasteiger partial charge in [0.25, 0.3) is 0 Å². The largest absolute Gasteiger partial charge is 0.507 e. The molecule has 104 heavy (non-hydrogen) atoms. The van der Waals surface area contributed by atoms with Crippen LogP contribution in [-0.4, -0.2) is 70.3 Å². The molecular weight excluding hydrogens is 1290 g/mol. The number of fused-ring (bicyclic) bond motifs is 16. The van der Waals surface area contributed by atoms with Gasteiger partial charge in [0.2, 0.25) is 0 Å². The summed E-state index contributed by atoms with van der Waals surface area (Å²) in [5, 5.41) is 75.2. The van der Waals surface area contributed by atoms with Crippen molar-refractivity contribution in [3.63, 3.8) is 0 Å². The van der Waals surface area contributed by atoms with E-state index in [9.17, 15) is 30.6 Å². The second kappa shape index (κ2) is 29.1. The van der Waals surface area contributed by atoms with Gasteiger partial charge in [-0.3, -0.25) is 0 Å². The zero-order chi connectivity index (χ0) is 76.5. The van der Waals surface area contributed by atoms with Crippen LogP contribution in [0.4, 0.5) is 0 Å². The Labute approximate surface area is 623 Å². The average Bonchev–Trinajstić information content (AvgIpc) is 0.770. The van der Waals surface area contributed by atoms with Crippen LogP contribution in [0.25, 0.3) is 0 Å². The van der Waals surface area contributed by atoms with Gasteiger partial charge in [-0.25, -0.2) is 0 Å². The molecule has 0 fully saturated rings. The van der Waals surface area contributed by atoms with Crippen LogP contribution in [0.3, 0.4) is 0 Å². The highest BCUT2D eigenvalue weighted by Crippen LogP contribution is 2.47. The van der Waals surface area contributed by atoms with Gasteiger partial charge in [0, 0.05) is 51.4 Å². The van der Waals surface area contributed by atoms with E-state index in [0.717, 1.165) is 134 Å². The molecule has 8 aromatic carbocycles. The van der Waals surface area contributed by atoms with Crippen LogP contribution >= 0.6 is 0 Å². The summed E-state index contributed by atoms with van der Waals surface area (Å²) >= 11 is 0. The molecule has 0 unspecified atom stereocenters. The van der Waals surface area contributed by atoms with Crippen molar-refractivity contribution < 1.29 is 49.6 Å². The zero-order valence-electron chi connectivity index (χ0n) is 67.5. The first-order chi connectivity index (χ1) is 48.0. The van der Waals surface area contributed by atoms with Crippen molar-refractivity contribution in [2.45, 2.75) is 261 Å². The molecule has 0 saturated heterocycles.